The Morgan fingerprint density at radius 2 is 2.31 bits per heavy atom. The Bertz CT molecular complexity index is 433. The van der Waals surface area contributed by atoms with Crippen LogP contribution in [0.4, 0.5) is 5.95 Å². The van der Waals surface area contributed by atoms with Crippen molar-refractivity contribution in [2.24, 2.45) is 5.41 Å². The number of carbonyl (C=O) groups is 1. The first kappa shape index (κ1) is 11.9. The van der Waals surface area contributed by atoms with Gasteiger partial charge in [0.25, 0.3) is 0 Å². The van der Waals surface area contributed by atoms with Gasteiger partial charge in [-0.05, 0) is 0 Å². The summed E-state index contributed by atoms with van der Waals surface area (Å²) in [6, 6.07) is 1.86. The fourth-order valence-corrected chi connectivity index (χ4v) is 0.968. The number of hydrogen-bond acceptors (Lipinski definition) is 5. The summed E-state index contributed by atoms with van der Waals surface area (Å²) in [5.74, 6) is 0.163. The van der Waals surface area contributed by atoms with Crippen molar-refractivity contribution >= 4 is 11.7 Å². The fraction of sp³-hybridized carbons (Fsp3) is 0.400. The molecule has 2 N–H and O–H groups in total. The average Bonchev–Trinajstić information content (AvgIpc) is 2.69. The lowest BCUT2D eigenvalue weighted by Crippen LogP contribution is -2.22. The first-order valence-electron chi connectivity index (χ1n) is 4.72. The third-order valence-corrected chi connectivity index (χ3v) is 1.81. The van der Waals surface area contributed by atoms with Crippen LogP contribution in [0.3, 0.4) is 0 Å². The Balaban J connectivity index is 2.80. The lowest BCUT2D eigenvalue weighted by atomic mass is 9.87. The van der Waals surface area contributed by atoms with Crippen LogP contribution in [0.2, 0.25) is 0 Å². The van der Waals surface area contributed by atoms with Crippen molar-refractivity contribution in [2.75, 3.05) is 5.32 Å². The first-order chi connectivity index (χ1) is 7.45. The van der Waals surface area contributed by atoms with E-state index in [4.69, 9.17) is 5.26 Å². The van der Waals surface area contributed by atoms with Crippen molar-refractivity contribution in [3.63, 3.8) is 0 Å². The minimum Gasteiger partial charge on any atom is -0.330 e. The van der Waals surface area contributed by atoms with Crippen LogP contribution in [0.15, 0.2) is 18.1 Å². The Kier molecular flexibility index (Phi) is 3.40. The van der Waals surface area contributed by atoms with Gasteiger partial charge in [-0.3, -0.25) is 4.79 Å². The Hall–Kier alpha value is -2.16. The summed E-state index contributed by atoms with van der Waals surface area (Å²) in [6.07, 6.45) is 2.65. The van der Waals surface area contributed by atoms with E-state index in [1.165, 1.54) is 12.5 Å². The zero-order valence-electron chi connectivity index (χ0n) is 9.40. The third kappa shape index (κ3) is 2.92. The number of nitrogens with one attached hydrogen (secondary N) is 2. The summed E-state index contributed by atoms with van der Waals surface area (Å²) in [5, 5.41) is 17.7. The smallest absolute Gasteiger partial charge is 0.222 e. The topological polar surface area (TPSA) is 94.5 Å². The predicted molar refractivity (Wildman–Crippen MR) is 58.2 cm³/mol. The minimum absolute atomic E-state index is 0.0592. The summed E-state index contributed by atoms with van der Waals surface area (Å²) in [7, 11) is 0. The molecule has 0 radical (unpaired) electrons. The lowest BCUT2D eigenvalue weighted by Gasteiger charge is -2.15. The molecule has 6 nitrogen and oxygen atoms in total. The summed E-state index contributed by atoms with van der Waals surface area (Å²) < 4.78 is 0. The Morgan fingerprint density at radius 3 is 2.75 bits per heavy atom. The summed E-state index contributed by atoms with van der Waals surface area (Å²) in [6.45, 7) is 5.28. The molecule has 1 heterocycles. The van der Waals surface area contributed by atoms with Gasteiger partial charge in [-0.1, -0.05) is 20.8 Å². The number of rotatable bonds is 3. The molecule has 1 aromatic heterocycles. The van der Waals surface area contributed by atoms with E-state index in [0.29, 0.717) is 5.95 Å². The van der Waals surface area contributed by atoms with Crippen LogP contribution in [-0.2, 0) is 4.79 Å². The van der Waals surface area contributed by atoms with E-state index in [1.807, 2.05) is 6.07 Å². The number of nitriles is 1. The molecule has 16 heavy (non-hydrogen) atoms. The number of H-pyrrole nitrogens is 1. The molecule has 0 atom stereocenters. The molecule has 0 unspecified atom stereocenters. The molecule has 0 aliphatic rings. The molecule has 0 aromatic carbocycles. The fourth-order valence-electron chi connectivity index (χ4n) is 0.968. The van der Waals surface area contributed by atoms with Gasteiger partial charge in [0.2, 0.25) is 5.95 Å². The molecule has 6 heteroatoms. The number of anilines is 1. The maximum Gasteiger partial charge on any atom is 0.222 e. The van der Waals surface area contributed by atoms with E-state index in [-0.39, 0.29) is 11.4 Å². The molecule has 1 aromatic rings. The van der Waals surface area contributed by atoms with E-state index in [2.05, 4.69) is 20.5 Å². The van der Waals surface area contributed by atoms with E-state index in [0.717, 1.165) is 0 Å². The summed E-state index contributed by atoms with van der Waals surface area (Å²) in [5.41, 5.74) is -0.520. The number of carbonyl (C=O) groups excluding carboxylic acids is 1. The van der Waals surface area contributed by atoms with Gasteiger partial charge in [0, 0.05) is 11.6 Å². The number of allylic oxidation sites excluding steroid dienone is 1. The second kappa shape index (κ2) is 4.57. The van der Waals surface area contributed by atoms with E-state index in [9.17, 15) is 4.79 Å². The van der Waals surface area contributed by atoms with Crippen molar-refractivity contribution < 1.29 is 4.79 Å². The van der Waals surface area contributed by atoms with Gasteiger partial charge in [0.15, 0.2) is 5.78 Å². The molecule has 0 saturated carbocycles. The maximum absolute atomic E-state index is 11.8. The molecule has 0 amide bonds. The number of ketones is 1. The highest BCUT2D eigenvalue weighted by atomic mass is 16.1. The molecule has 0 saturated heterocycles. The number of aromatic nitrogens is 3. The molecule has 0 aliphatic carbocycles. The molecule has 0 aliphatic heterocycles. The van der Waals surface area contributed by atoms with Crippen molar-refractivity contribution in [1.29, 1.82) is 5.26 Å². The van der Waals surface area contributed by atoms with Gasteiger partial charge >= 0.3 is 0 Å². The average molecular weight is 219 g/mol. The monoisotopic (exact) mass is 219 g/mol. The Morgan fingerprint density at radius 1 is 1.62 bits per heavy atom. The van der Waals surface area contributed by atoms with Crippen LogP contribution in [0, 0.1) is 16.7 Å². The third-order valence-electron chi connectivity index (χ3n) is 1.81. The van der Waals surface area contributed by atoms with Crippen LogP contribution in [0.5, 0.6) is 0 Å². The highest BCUT2D eigenvalue weighted by Crippen LogP contribution is 2.19. The second-order valence-corrected chi connectivity index (χ2v) is 4.23. The molecule has 0 spiro atoms. The number of nitrogens with zero attached hydrogens (tertiary/aromatic N) is 3. The SMILES string of the molecule is CC(C)(C)C(=O)C(C#N)=CNc1ncn[nH]1. The highest BCUT2D eigenvalue weighted by molar-refractivity contribution is 6.02. The summed E-state index contributed by atoms with van der Waals surface area (Å²) in [4.78, 5) is 15.6. The minimum atomic E-state index is -0.579. The quantitative estimate of drug-likeness (QED) is 0.589. The van der Waals surface area contributed by atoms with Crippen molar-refractivity contribution in [3.8, 4) is 6.07 Å². The zero-order valence-corrected chi connectivity index (χ0v) is 9.40. The molecule has 1 rings (SSSR count). The van der Waals surface area contributed by atoms with Gasteiger partial charge < -0.3 is 5.32 Å². The Labute approximate surface area is 93.4 Å². The molecule has 84 valence electrons. The van der Waals surface area contributed by atoms with Crippen LogP contribution in [0.1, 0.15) is 20.8 Å². The second-order valence-electron chi connectivity index (χ2n) is 4.23. The zero-order chi connectivity index (χ0) is 12.2. The van der Waals surface area contributed by atoms with Gasteiger partial charge in [-0.15, -0.1) is 0 Å². The van der Waals surface area contributed by atoms with Gasteiger partial charge in [-0.2, -0.15) is 15.3 Å². The normalized spacial score (nSPS) is 12.0. The van der Waals surface area contributed by atoms with Crippen molar-refractivity contribution in [3.05, 3.63) is 18.1 Å². The standard InChI is InChI=1S/C10H13N5O/c1-10(2,3)8(16)7(4-11)5-12-9-13-6-14-15-9/h5-6H,1-3H3,(H2,12,13,14,15). The van der Waals surface area contributed by atoms with Crippen molar-refractivity contribution in [1.82, 2.24) is 15.2 Å². The molecular weight excluding hydrogens is 206 g/mol. The largest absolute Gasteiger partial charge is 0.330 e. The number of Topliss-reactive ketones (excluding diaryl/α,β-unsaturated/α-hetero) is 1. The summed E-state index contributed by atoms with van der Waals surface area (Å²) >= 11 is 0. The van der Waals surface area contributed by atoms with Crippen LogP contribution < -0.4 is 5.32 Å². The van der Waals surface area contributed by atoms with Crippen LogP contribution >= 0.6 is 0 Å². The number of hydrogen-bond donors (Lipinski definition) is 2. The predicted octanol–water partition coefficient (Wildman–Crippen LogP) is 1.24. The maximum atomic E-state index is 11.8. The number of aromatic amines is 1. The highest BCUT2D eigenvalue weighted by Gasteiger charge is 2.24. The molecular formula is C10H13N5O. The first-order valence-corrected chi connectivity index (χ1v) is 4.72. The molecule has 0 bridgehead atoms. The van der Waals surface area contributed by atoms with Gasteiger partial charge in [-0.25, -0.2) is 5.10 Å². The van der Waals surface area contributed by atoms with E-state index >= 15 is 0 Å². The van der Waals surface area contributed by atoms with Gasteiger partial charge in [0.05, 0.1) is 0 Å². The van der Waals surface area contributed by atoms with Gasteiger partial charge in [0.1, 0.15) is 18.0 Å². The lowest BCUT2D eigenvalue weighted by molar-refractivity contribution is -0.122. The van der Waals surface area contributed by atoms with E-state index < -0.39 is 5.41 Å². The van der Waals surface area contributed by atoms with E-state index in [1.54, 1.807) is 20.8 Å². The van der Waals surface area contributed by atoms with Crippen LogP contribution in [0.25, 0.3) is 0 Å². The molecule has 0 fully saturated rings. The van der Waals surface area contributed by atoms with Crippen molar-refractivity contribution in [2.45, 2.75) is 20.8 Å². The van der Waals surface area contributed by atoms with Crippen LogP contribution in [-0.4, -0.2) is 21.0 Å².